The third kappa shape index (κ3) is 4.39. The van der Waals surface area contributed by atoms with E-state index in [-0.39, 0.29) is 5.91 Å². The molecule has 1 aliphatic rings. The minimum atomic E-state index is 0.0790. The van der Waals surface area contributed by atoms with Crippen LogP contribution in [0.3, 0.4) is 0 Å². The summed E-state index contributed by atoms with van der Waals surface area (Å²) < 4.78 is 0. The first-order chi connectivity index (χ1) is 15.3. The summed E-state index contributed by atoms with van der Waals surface area (Å²) in [5, 5.41) is 0.905. The normalized spacial score (nSPS) is 14.2. The molecule has 8 heteroatoms. The first-order valence-corrected chi connectivity index (χ1v) is 11.2. The van der Waals surface area contributed by atoms with Gasteiger partial charge < -0.3 is 14.8 Å². The lowest BCUT2D eigenvalue weighted by Crippen LogP contribution is -2.49. The van der Waals surface area contributed by atoms with E-state index in [1.807, 2.05) is 53.4 Å². The van der Waals surface area contributed by atoms with E-state index in [0.717, 1.165) is 52.0 Å². The van der Waals surface area contributed by atoms with E-state index in [1.54, 1.807) is 30.4 Å². The van der Waals surface area contributed by atoms with Gasteiger partial charge in [-0.1, -0.05) is 36.0 Å². The van der Waals surface area contributed by atoms with Gasteiger partial charge in [0.15, 0.2) is 5.16 Å². The topological polar surface area (TPSA) is 78.0 Å². The van der Waals surface area contributed by atoms with Gasteiger partial charge in [-0.2, -0.15) is 0 Å². The monoisotopic (exact) mass is 430 g/mol. The van der Waals surface area contributed by atoms with Crippen LogP contribution < -0.4 is 4.90 Å². The maximum atomic E-state index is 12.9. The second kappa shape index (κ2) is 8.77. The van der Waals surface area contributed by atoms with Crippen molar-refractivity contribution in [2.75, 3.05) is 31.1 Å². The molecular weight excluding hydrogens is 408 g/mol. The number of carbonyl (C=O) groups is 1. The Morgan fingerprint density at radius 1 is 1.00 bits per heavy atom. The maximum absolute atomic E-state index is 12.9. The molecule has 31 heavy (non-hydrogen) atoms. The molecule has 2 aromatic carbocycles. The number of carbonyl (C=O) groups excluding carboxylic acids is 1. The third-order valence-electron chi connectivity index (χ3n) is 5.38. The number of aromatic nitrogens is 4. The number of piperazine rings is 1. The van der Waals surface area contributed by atoms with E-state index >= 15 is 0 Å². The molecule has 3 heterocycles. The summed E-state index contributed by atoms with van der Waals surface area (Å²) in [6, 6.07) is 15.9. The molecule has 1 aliphatic heterocycles. The molecule has 1 fully saturated rings. The number of thioether (sulfide) groups is 1. The number of anilines is 1. The lowest BCUT2D eigenvalue weighted by Gasteiger charge is -2.35. The fraction of sp³-hybridized carbons (Fsp3) is 0.217. The van der Waals surface area contributed by atoms with Crippen LogP contribution in [-0.2, 0) is 5.75 Å². The van der Waals surface area contributed by atoms with E-state index < -0.39 is 0 Å². The molecule has 7 nitrogen and oxygen atoms in total. The summed E-state index contributed by atoms with van der Waals surface area (Å²) in [6.45, 7) is 2.88. The van der Waals surface area contributed by atoms with Crippen LogP contribution in [0.4, 0.5) is 5.82 Å². The molecule has 0 spiro atoms. The van der Waals surface area contributed by atoms with E-state index in [4.69, 9.17) is 0 Å². The molecule has 1 N–H and O–H groups in total. The number of amides is 1. The van der Waals surface area contributed by atoms with Gasteiger partial charge in [-0.3, -0.25) is 9.78 Å². The zero-order valence-electron chi connectivity index (χ0n) is 16.9. The van der Waals surface area contributed by atoms with Gasteiger partial charge in [0, 0.05) is 49.9 Å². The number of fused-ring (bicyclic) bond motifs is 1. The number of hydrogen-bond acceptors (Lipinski definition) is 6. The summed E-state index contributed by atoms with van der Waals surface area (Å²) in [7, 11) is 0. The van der Waals surface area contributed by atoms with Crippen LogP contribution in [0.1, 0.15) is 15.9 Å². The Morgan fingerprint density at radius 3 is 2.55 bits per heavy atom. The Bertz CT molecular complexity index is 1140. The smallest absolute Gasteiger partial charge is 0.253 e. The minimum absolute atomic E-state index is 0.0790. The van der Waals surface area contributed by atoms with Crippen LogP contribution in [0.15, 0.2) is 72.3 Å². The molecule has 0 unspecified atom stereocenters. The first-order valence-electron chi connectivity index (χ1n) is 10.2. The fourth-order valence-electron chi connectivity index (χ4n) is 3.67. The Labute approximate surface area is 184 Å². The SMILES string of the molecule is O=C(c1ccc(CSc2nc3ccccc3[nH]2)cc1)N1CCN(c2cnccn2)CC1. The molecule has 1 saturated heterocycles. The predicted molar refractivity (Wildman–Crippen MR) is 122 cm³/mol. The summed E-state index contributed by atoms with van der Waals surface area (Å²) >= 11 is 1.66. The largest absolute Gasteiger partial charge is 0.352 e. The zero-order chi connectivity index (χ0) is 21.0. The Balaban J connectivity index is 1.16. The van der Waals surface area contributed by atoms with Gasteiger partial charge in [-0.05, 0) is 29.8 Å². The predicted octanol–water partition coefficient (Wildman–Crippen LogP) is 3.61. The molecule has 2 aromatic heterocycles. The zero-order valence-corrected chi connectivity index (χ0v) is 17.8. The van der Waals surface area contributed by atoms with E-state index in [1.165, 1.54) is 0 Å². The molecule has 0 saturated carbocycles. The molecule has 0 atom stereocenters. The van der Waals surface area contributed by atoms with Crippen LogP contribution >= 0.6 is 11.8 Å². The van der Waals surface area contributed by atoms with Gasteiger partial charge in [-0.15, -0.1) is 0 Å². The average molecular weight is 431 g/mol. The van der Waals surface area contributed by atoms with Crippen molar-refractivity contribution in [1.29, 1.82) is 0 Å². The molecule has 0 bridgehead atoms. The van der Waals surface area contributed by atoms with Gasteiger partial charge in [0.2, 0.25) is 0 Å². The van der Waals surface area contributed by atoms with E-state index in [9.17, 15) is 4.79 Å². The van der Waals surface area contributed by atoms with Crippen molar-refractivity contribution >= 4 is 34.5 Å². The summed E-state index contributed by atoms with van der Waals surface area (Å²) in [5.74, 6) is 1.74. The molecular formula is C23H22N6OS. The summed E-state index contributed by atoms with van der Waals surface area (Å²) in [4.78, 5) is 33.4. The van der Waals surface area contributed by atoms with Crippen LogP contribution in [-0.4, -0.2) is 56.9 Å². The van der Waals surface area contributed by atoms with Crippen molar-refractivity contribution in [2.24, 2.45) is 0 Å². The Hall–Kier alpha value is -3.39. The second-order valence-corrected chi connectivity index (χ2v) is 8.35. The number of benzene rings is 2. The number of rotatable bonds is 5. The number of nitrogens with zero attached hydrogens (tertiary/aromatic N) is 5. The van der Waals surface area contributed by atoms with Crippen LogP contribution in [0, 0.1) is 0 Å². The number of para-hydroxylation sites is 2. The maximum Gasteiger partial charge on any atom is 0.253 e. The summed E-state index contributed by atoms with van der Waals surface area (Å²) in [5.41, 5.74) is 3.91. The second-order valence-electron chi connectivity index (χ2n) is 7.39. The quantitative estimate of drug-likeness (QED) is 0.488. The number of nitrogens with one attached hydrogen (secondary N) is 1. The standard InChI is InChI=1S/C23H22N6OS/c30-22(29-13-11-28(12-14-29)21-15-24-9-10-25-21)18-7-5-17(6-8-18)16-31-23-26-19-3-1-2-4-20(19)27-23/h1-10,15H,11-14,16H2,(H,26,27). The van der Waals surface area contributed by atoms with Gasteiger partial charge in [0.05, 0.1) is 17.2 Å². The average Bonchev–Trinajstić information content (AvgIpc) is 3.26. The third-order valence-corrected chi connectivity index (χ3v) is 6.33. The number of aromatic amines is 1. The molecule has 5 rings (SSSR count). The Morgan fingerprint density at radius 2 is 1.81 bits per heavy atom. The van der Waals surface area contributed by atoms with Crippen molar-refractivity contribution in [3.05, 3.63) is 78.2 Å². The Kier molecular flexibility index (Phi) is 5.54. The highest BCUT2D eigenvalue weighted by atomic mass is 32.2. The van der Waals surface area contributed by atoms with E-state index in [0.29, 0.717) is 13.1 Å². The number of H-pyrrole nitrogens is 1. The highest BCUT2D eigenvalue weighted by Crippen LogP contribution is 2.23. The van der Waals surface area contributed by atoms with Crippen molar-refractivity contribution < 1.29 is 4.79 Å². The fourth-order valence-corrected chi connectivity index (χ4v) is 4.51. The number of hydrogen-bond donors (Lipinski definition) is 1. The van der Waals surface area contributed by atoms with Crippen molar-refractivity contribution in [3.63, 3.8) is 0 Å². The highest BCUT2D eigenvalue weighted by Gasteiger charge is 2.22. The van der Waals surface area contributed by atoms with E-state index in [2.05, 4.69) is 24.8 Å². The summed E-state index contributed by atoms with van der Waals surface area (Å²) in [6.07, 6.45) is 5.13. The molecule has 0 radical (unpaired) electrons. The number of imidazole rings is 1. The lowest BCUT2D eigenvalue weighted by molar-refractivity contribution is 0.0746. The van der Waals surface area contributed by atoms with Gasteiger partial charge >= 0.3 is 0 Å². The van der Waals surface area contributed by atoms with Gasteiger partial charge in [0.1, 0.15) is 5.82 Å². The minimum Gasteiger partial charge on any atom is -0.352 e. The van der Waals surface area contributed by atoms with Crippen molar-refractivity contribution in [2.45, 2.75) is 10.9 Å². The molecule has 4 aromatic rings. The van der Waals surface area contributed by atoms with Gasteiger partial charge in [0.25, 0.3) is 5.91 Å². The first kappa shape index (κ1) is 19.6. The van der Waals surface area contributed by atoms with Crippen LogP contribution in [0.25, 0.3) is 11.0 Å². The van der Waals surface area contributed by atoms with Crippen LogP contribution in [0.5, 0.6) is 0 Å². The van der Waals surface area contributed by atoms with Crippen molar-refractivity contribution in [3.8, 4) is 0 Å². The molecule has 156 valence electrons. The van der Waals surface area contributed by atoms with Crippen LogP contribution in [0.2, 0.25) is 0 Å². The molecule has 0 aliphatic carbocycles. The van der Waals surface area contributed by atoms with Crippen molar-refractivity contribution in [1.82, 2.24) is 24.8 Å². The van der Waals surface area contributed by atoms with Gasteiger partial charge in [-0.25, -0.2) is 9.97 Å². The molecule has 1 amide bonds. The highest BCUT2D eigenvalue weighted by molar-refractivity contribution is 7.98. The lowest BCUT2D eigenvalue weighted by atomic mass is 10.1.